The van der Waals surface area contributed by atoms with Crippen LogP contribution in [0.4, 0.5) is 17.6 Å². The monoisotopic (exact) mass is 291 g/mol. The molecule has 0 radical (unpaired) electrons. The van der Waals surface area contributed by atoms with Gasteiger partial charge < -0.3 is 4.74 Å². The Bertz CT molecular complexity index is 475. The lowest BCUT2D eigenvalue weighted by atomic mass is 10.1. The number of amides is 1. The zero-order valence-corrected chi connectivity index (χ0v) is 10.6. The van der Waals surface area contributed by atoms with Crippen LogP contribution < -0.4 is 0 Å². The number of hydrogen-bond acceptors (Lipinski definition) is 2. The van der Waals surface area contributed by atoms with E-state index in [0.717, 1.165) is 6.92 Å². The Morgan fingerprint density at radius 2 is 1.95 bits per heavy atom. The predicted molar refractivity (Wildman–Crippen MR) is 62.4 cm³/mol. The van der Waals surface area contributed by atoms with Gasteiger partial charge in [-0.1, -0.05) is 30.3 Å². The molecule has 3 atom stereocenters. The molecule has 2 rings (SSSR count). The molecule has 1 aromatic carbocycles. The quantitative estimate of drug-likeness (QED) is 0.784. The summed E-state index contributed by atoms with van der Waals surface area (Å²) < 4.78 is 56.5. The lowest BCUT2D eigenvalue weighted by molar-refractivity contribution is -0.240. The van der Waals surface area contributed by atoms with E-state index in [1.54, 1.807) is 30.3 Å². The Kier molecular flexibility index (Phi) is 3.99. The summed E-state index contributed by atoms with van der Waals surface area (Å²) in [5.74, 6) is -1.22. The van der Waals surface area contributed by atoms with E-state index in [-0.39, 0.29) is 6.61 Å². The van der Waals surface area contributed by atoms with Crippen molar-refractivity contribution in [3.05, 3.63) is 35.9 Å². The van der Waals surface area contributed by atoms with E-state index >= 15 is 0 Å². The van der Waals surface area contributed by atoms with Crippen LogP contribution in [0.5, 0.6) is 0 Å². The molecule has 0 N–H and O–H groups in total. The Balaban J connectivity index is 2.36. The van der Waals surface area contributed by atoms with Crippen LogP contribution in [0.2, 0.25) is 0 Å². The Labute approximate surface area is 113 Å². The van der Waals surface area contributed by atoms with E-state index in [9.17, 15) is 22.4 Å². The molecule has 7 heteroatoms. The van der Waals surface area contributed by atoms with Gasteiger partial charge in [0.15, 0.2) is 6.17 Å². The van der Waals surface area contributed by atoms with Gasteiger partial charge in [-0.05, 0) is 12.5 Å². The van der Waals surface area contributed by atoms with E-state index < -0.39 is 30.5 Å². The predicted octanol–water partition coefficient (Wildman–Crippen LogP) is 2.83. The molecular weight excluding hydrogens is 278 g/mol. The molecule has 0 unspecified atom stereocenters. The van der Waals surface area contributed by atoms with Gasteiger partial charge in [0.2, 0.25) is 6.23 Å². The van der Waals surface area contributed by atoms with Crippen molar-refractivity contribution in [2.24, 2.45) is 0 Å². The molecule has 1 fully saturated rings. The third-order valence-electron chi connectivity index (χ3n) is 3.06. The summed E-state index contributed by atoms with van der Waals surface area (Å²) in [4.78, 5) is 12.2. The maximum Gasteiger partial charge on any atom is 0.433 e. The summed E-state index contributed by atoms with van der Waals surface area (Å²) in [7, 11) is 0. The lowest BCUT2D eigenvalue weighted by Crippen LogP contribution is -2.48. The van der Waals surface area contributed by atoms with Gasteiger partial charge in [-0.2, -0.15) is 13.2 Å². The molecule has 1 aliphatic heterocycles. The van der Waals surface area contributed by atoms with Crippen LogP contribution >= 0.6 is 0 Å². The molecule has 0 bridgehead atoms. The minimum absolute atomic E-state index is 0.313. The fourth-order valence-corrected chi connectivity index (χ4v) is 2.17. The average Bonchev–Trinajstić information content (AvgIpc) is 2.83. The first kappa shape index (κ1) is 14.8. The van der Waals surface area contributed by atoms with Gasteiger partial charge in [0.25, 0.3) is 5.91 Å². The zero-order chi connectivity index (χ0) is 14.9. The number of nitrogens with zero attached hydrogens (tertiary/aromatic N) is 1. The van der Waals surface area contributed by atoms with Crippen molar-refractivity contribution >= 4 is 5.91 Å². The molecule has 3 nitrogen and oxygen atoms in total. The number of rotatable bonds is 2. The summed E-state index contributed by atoms with van der Waals surface area (Å²) >= 11 is 0. The molecule has 1 amide bonds. The number of carbonyl (C=O) groups is 1. The maximum absolute atomic E-state index is 13.2. The van der Waals surface area contributed by atoms with Crippen molar-refractivity contribution in [1.29, 1.82) is 0 Å². The highest BCUT2D eigenvalue weighted by molar-refractivity contribution is 5.81. The van der Waals surface area contributed by atoms with E-state index in [2.05, 4.69) is 4.74 Å². The van der Waals surface area contributed by atoms with Gasteiger partial charge in [0.1, 0.15) is 0 Å². The Morgan fingerprint density at radius 1 is 1.35 bits per heavy atom. The fraction of sp³-hybridized carbons (Fsp3) is 0.462. The van der Waals surface area contributed by atoms with Crippen molar-refractivity contribution in [2.45, 2.75) is 31.5 Å². The molecule has 110 valence electrons. The Hall–Kier alpha value is -1.63. The first-order chi connectivity index (χ1) is 9.32. The average molecular weight is 291 g/mol. The summed E-state index contributed by atoms with van der Waals surface area (Å²) in [5, 5.41) is 0. The number of ether oxygens (including phenoxy) is 1. The number of hydrogen-bond donors (Lipinski definition) is 0. The summed E-state index contributed by atoms with van der Waals surface area (Å²) in [5.41, 5.74) is 0.480. The van der Waals surface area contributed by atoms with Gasteiger partial charge in [-0.3, -0.25) is 9.69 Å². The second-order valence-corrected chi connectivity index (χ2v) is 4.52. The molecule has 1 heterocycles. The third kappa shape index (κ3) is 2.77. The standard InChI is InChI=1S/C13H13F4NO2/c1-8(14)11(19)18-10(9-5-3-2-4-6-9)7-20-12(18)13(15,16)17/h2-6,8,10,12H,7H2,1H3/t8-,10+,12+/m1/s1. The fourth-order valence-electron chi connectivity index (χ4n) is 2.17. The number of alkyl halides is 4. The van der Waals surface area contributed by atoms with Gasteiger partial charge in [-0.25, -0.2) is 4.39 Å². The van der Waals surface area contributed by atoms with E-state index in [0.29, 0.717) is 10.5 Å². The van der Waals surface area contributed by atoms with Crippen molar-refractivity contribution in [2.75, 3.05) is 6.61 Å². The maximum atomic E-state index is 13.2. The first-order valence-corrected chi connectivity index (χ1v) is 6.02. The molecule has 1 saturated heterocycles. The second kappa shape index (κ2) is 5.40. The van der Waals surface area contributed by atoms with Crippen molar-refractivity contribution in [1.82, 2.24) is 4.90 Å². The normalized spacial score (nSPS) is 24.8. The number of benzene rings is 1. The van der Waals surface area contributed by atoms with E-state index in [1.165, 1.54) is 0 Å². The number of carbonyl (C=O) groups excluding carboxylic acids is 1. The van der Waals surface area contributed by atoms with Crippen LogP contribution in [0.3, 0.4) is 0 Å². The van der Waals surface area contributed by atoms with Crippen LogP contribution in [-0.2, 0) is 9.53 Å². The summed E-state index contributed by atoms with van der Waals surface area (Å²) in [6.45, 7) is 0.600. The van der Waals surface area contributed by atoms with E-state index in [4.69, 9.17) is 0 Å². The van der Waals surface area contributed by atoms with Gasteiger partial charge >= 0.3 is 6.18 Å². The van der Waals surface area contributed by atoms with Crippen molar-refractivity contribution < 1.29 is 27.1 Å². The van der Waals surface area contributed by atoms with Crippen LogP contribution in [-0.4, -0.2) is 36.0 Å². The summed E-state index contributed by atoms with van der Waals surface area (Å²) in [6, 6.07) is 7.19. The first-order valence-electron chi connectivity index (χ1n) is 6.02. The van der Waals surface area contributed by atoms with Crippen molar-refractivity contribution in [3.8, 4) is 0 Å². The molecule has 1 aromatic rings. The molecule has 0 aromatic heterocycles. The minimum atomic E-state index is -4.76. The highest BCUT2D eigenvalue weighted by Crippen LogP contribution is 2.38. The van der Waals surface area contributed by atoms with Crippen LogP contribution in [0.25, 0.3) is 0 Å². The second-order valence-electron chi connectivity index (χ2n) is 4.52. The van der Waals surface area contributed by atoms with Gasteiger partial charge in [0, 0.05) is 0 Å². The van der Waals surface area contributed by atoms with Crippen LogP contribution in [0.1, 0.15) is 18.5 Å². The van der Waals surface area contributed by atoms with Crippen molar-refractivity contribution in [3.63, 3.8) is 0 Å². The lowest BCUT2D eigenvalue weighted by Gasteiger charge is -2.30. The molecule has 1 aliphatic rings. The molecule has 0 saturated carbocycles. The largest absolute Gasteiger partial charge is 0.433 e. The van der Waals surface area contributed by atoms with Crippen LogP contribution in [0.15, 0.2) is 30.3 Å². The smallest absolute Gasteiger partial charge is 0.347 e. The van der Waals surface area contributed by atoms with E-state index in [1.807, 2.05) is 0 Å². The van der Waals surface area contributed by atoms with Crippen LogP contribution in [0, 0.1) is 0 Å². The van der Waals surface area contributed by atoms with Gasteiger partial charge in [-0.15, -0.1) is 0 Å². The highest BCUT2D eigenvalue weighted by Gasteiger charge is 2.54. The highest BCUT2D eigenvalue weighted by atomic mass is 19.4. The summed E-state index contributed by atoms with van der Waals surface area (Å²) in [6.07, 6.45) is -9.18. The third-order valence-corrected chi connectivity index (χ3v) is 3.06. The molecular formula is C13H13F4NO2. The molecule has 20 heavy (non-hydrogen) atoms. The molecule has 0 aliphatic carbocycles. The topological polar surface area (TPSA) is 29.5 Å². The van der Waals surface area contributed by atoms with Gasteiger partial charge in [0.05, 0.1) is 12.6 Å². The Morgan fingerprint density at radius 3 is 2.45 bits per heavy atom. The SMILES string of the molecule is C[C@@H](F)C(=O)N1[C@H](C(F)(F)F)OC[C@H]1c1ccccc1. The molecule has 0 spiro atoms. The zero-order valence-electron chi connectivity index (χ0n) is 10.6. The minimum Gasteiger partial charge on any atom is -0.347 e. The number of halogens is 4.